The summed E-state index contributed by atoms with van der Waals surface area (Å²) in [4.78, 5) is 13.2. The molecule has 6 heteroatoms. The molecule has 4 rings (SSSR count). The highest BCUT2D eigenvalue weighted by atomic mass is 32.1. The number of nitrogens with one attached hydrogen (secondary N) is 1. The lowest BCUT2D eigenvalue weighted by molar-refractivity contribution is 0.103. The molecule has 1 N–H and O–H groups in total. The molecular weight excluding hydrogens is 362 g/mol. The van der Waals surface area contributed by atoms with Crippen molar-refractivity contribution in [1.82, 2.24) is 0 Å². The van der Waals surface area contributed by atoms with Gasteiger partial charge >= 0.3 is 0 Å². The summed E-state index contributed by atoms with van der Waals surface area (Å²) in [7, 11) is 0. The van der Waals surface area contributed by atoms with Crippen LogP contribution >= 0.6 is 11.3 Å². The lowest BCUT2D eigenvalue weighted by Crippen LogP contribution is -2.11. The number of hydrogen-bond acceptors (Lipinski definition) is 5. The van der Waals surface area contributed by atoms with E-state index in [0.717, 1.165) is 28.1 Å². The van der Waals surface area contributed by atoms with Gasteiger partial charge in [0.25, 0.3) is 5.91 Å². The first kappa shape index (κ1) is 17.4. The average molecular weight is 381 g/mol. The predicted molar refractivity (Wildman–Crippen MR) is 105 cm³/mol. The van der Waals surface area contributed by atoms with Gasteiger partial charge in [-0.25, -0.2) is 0 Å². The number of thiophene rings is 1. The number of carbonyl (C=O) groups is 1. The summed E-state index contributed by atoms with van der Waals surface area (Å²) in [5.41, 5.74) is 4.01. The minimum atomic E-state index is -0.108. The van der Waals surface area contributed by atoms with Crippen molar-refractivity contribution >= 4 is 22.9 Å². The number of hydrogen-bond donors (Lipinski definition) is 1. The SMILES string of the molecule is Cc1cccc(NC(=O)c2cc(COc3ccc4c(c3)OCO4)cs2)c1C. The first-order valence-corrected chi connectivity index (χ1v) is 9.45. The van der Waals surface area contributed by atoms with Gasteiger partial charge < -0.3 is 19.5 Å². The summed E-state index contributed by atoms with van der Waals surface area (Å²) in [6.45, 7) is 4.65. The van der Waals surface area contributed by atoms with Gasteiger partial charge in [0.1, 0.15) is 12.4 Å². The lowest BCUT2D eigenvalue weighted by Gasteiger charge is -2.09. The summed E-state index contributed by atoms with van der Waals surface area (Å²) in [5, 5.41) is 4.92. The van der Waals surface area contributed by atoms with E-state index in [1.165, 1.54) is 11.3 Å². The summed E-state index contributed by atoms with van der Waals surface area (Å²) in [6.07, 6.45) is 0. The molecule has 0 unspecified atom stereocenters. The number of ether oxygens (including phenoxy) is 3. The maximum Gasteiger partial charge on any atom is 0.265 e. The van der Waals surface area contributed by atoms with Gasteiger partial charge in [-0.1, -0.05) is 12.1 Å². The Hall–Kier alpha value is -2.99. The molecule has 1 amide bonds. The maximum atomic E-state index is 12.5. The summed E-state index contributed by atoms with van der Waals surface area (Å²) in [6, 6.07) is 13.2. The van der Waals surface area contributed by atoms with E-state index in [-0.39, 0.29) is 12.7 Å². The highest BCUT2D eigenvalue weighted by Gasteiger charge is 2.15. The average Bonchev–Trinajstić information content (AvgIpc) is 3.32. The maximum absolute atomic E-state index is 12.5. The van der Waals surface area contributed by atoms with E-state index < -0.39 is 0 Å². The topological polar surface area (TPSA) is 56.8 Å². The zero-order valence-corrected chi connectivity index (χ0v) is 15.9. The van der Waals surface area contributed by atoms with E-state index in [4.69, 9.17) is 14.2 Å². The second kappa shape index (κ2) is 7.32. The molecule has 2 aromatic carbocycles. The van der Waals surface area contributed by atoms with Crippen LogP contribution in [0.4, 0.5) is 5.69 Å². The first-order valence-electron chi connectivity index (χ1n) is 8.57. The zero-order chi connectivity index (χ0) is 18.8. The van der Waals surface area contributed by atoms with Crippen molar-refractivity contribution in [2.45, 2.75) is 20.5 Å². The molecule has 138 valence electrons. The Kier molecular flexibility index (Phi) is 4.73. The molecule has 0 spiro atoms. The molecule has 0 saturated carbocycles. The third-order valence-electron chi connectivity index (χ3n) is 4.48. The minimum Gasteiger partial charge on any atom is -0.489 e. The van der Waals surface area contributed by atoms with Crippen molar-refractivity contribution in [3.63, 3.8) is 0 Å². The smallest absolute Gasteiger partial charge is 0.265 e. The molecule has 1 aliphatic rings. The molecule has 0 saturated heterocycles. The van der Waals surface area contributed by atoms with Crippen LogP contribution in [0.2, 0.25) is 0 Å². The fraction of sp³-hybridized carbons (Fsp3) is 0.190. The largest absolute Gasteiger partial charge is 0.489 e. The van der Waals surface area contributed by atoms with Crippen LogP contribution in [0.1, 0.15) is 26.4 Å². The van der Waals surface area contributed by atoms with Crippen LogP contribution < -0.4 is 19.5 Å². The second-order valence-electron chi connectivity index (χ2n) is 6.32. The molecule has 27 heavy (non-hydrogen) atoms. The fourth-order valence-electron chi connectivity index (χ4n) is 2.77. The Bertz CT molecular complexity index is 996. The van der Waals surface area contributed by atoms with Gasteiger partial charge in [-0.2, -0.15) is 0 Å². The van der Waals surface area contributed by atoms with E-state index in [2.05, 4.69) is 5.32 Å². The molecule has 0 bridgehead atoms. The molecule has 0 radical (unpaired) electrons. The van der Waals surface area contributed by atoms with Gasteiger partial charge in [-0.3, -0.25) is 4.79 Å². The Morgan fingerprint density at radius 2 is 2.00 bits per heavy atom. The summed E-state index contributed by atoms with van der Waals surface area (Å²) < 4.78 is 16.4. The predicted octanol–water partition coefficient (Wildman–Crippen LogP) is 4.92. The van der Waals surface area contributed by atoms with Crippen LogP contribution in [-0.4, -0.2) is 12.7 Å². The molecule has 1 aromatic heterocycles. The summed E-state index contributed by atoms with van der Waals surface area (Å²) >= 11 is 1.41. The van der Waals surface area contributed by atoms with Crippen LogP contribution in [0.3, 0.4) is 0 Å². The van der Waals surface area contributed by atoms with E-state index in [0.29, 0.717) is 23.0 Å². The van der Waals surface area contributed by atoms with Gasteiger partial charge in [-0.15, -0.1) is 11.3 Å². The first-order chi connectivity index (χ1) is 13.1. The van der Waals surface area contributed by atoms with Crippen LogP contribution in [0.15, 0.2) is 47.8 Å². The van der Waals surface area contributed by atoms with Crippen molar-refractivity contribution in [3.8, 4) is 17.2 Å². The van der Waals surface area contributed by atoms with E-state index in [1.54, 1.807) is 0 Å². The number of aryl methyl sites for hydroxylation is 1. The highest BCUT2D eigenvalue weighted by Crippen LogP contribution is 2.35. The molecule has 3 aromatic rings. The van der Waals surface area contributed by atoms with Crippen molar-refractivity contribution in [2.75, 3.05) is 12.1 Å². The number of rotatable bonds is 5. The quantitative estimate of drug-likeness (QED) is 0.681. The van der Waals surface area contributed by atoms with Gasteiger partial charge in [0.05, 0.1) is 4.88 Å². The Morgan fingerprint density at radius 3 is 2.89 bits per heavy atom. The van der Waals surface area contributed by atoms with Crippen molar-refractivity contribution < 1.29 is 19.0 Å². The molecular formula is C21H19NO4S. The molecule has 5 nitrogen and oxygen atoms in total. The van der Waals surface area contributed by atoms with Crippen molar-refractivity contribution in [2.24, 2.45) is 0 Å². The van der Waals surface area contributed by atoms with Crippen LogP contribution in [0, 0.1) is 13.8 Å². The highest BCUT2D eigenvalue weighted by molar-refractivity contribution is 7.12. The van der Waals surface area contributed by atoms with Gasteiger partial charge in [0.15, 0.2) is 11.5 Å². The number of carbonyl (C=O) groups excluding carboxylic acids is 1. The molecule has 1 aliphatic heterocycles. The number of anilines is 1. The Labute approximate surface area is 161 Å². The Balaban J connectivity index is 1.39. The van der Waals surface area contributed by atoms with Gasteiger partial charge in [0, 0.05) is 17.3 Å². The van der Waals surface area contributed by atoms with Gasteiger partial charge in [0.2, 0.25) is 6.79 Å². The van der Waals surface area contributed by atoms with Crippen LogP contribution in [-0.2, 0) is 6.61 Å². The standard InChI is InChI=1S/C21H19NO4S/c1-13-4-3-5-17(14(13)2)22-21(23)20-8-15(11-27-20)10-24-16-6-7-18-19(9-16)26-12-25-18/h3-9,11H,10,12H2,1-2H3,(H,22,23). The monoisotopic (exact) mass is 381 g/mol. The molecule has 0 fully saturated rings. The zero-order valence-electron chi connectivity index (χ0n) is 15.1. The minimum absolute atomic E-state index is 0.108. The molecule has 2 heterocycles. The Morgan fingerprint density at radius 1 is 1.15 bits per heavy atom. The summed E-state index contributed by atoms with van der Waals surface area (Å²) in [5.74, 6) is 2.00. The van der Waals surface area contributed by atoms with E-state index >= 15 is 0 Å². The second-order valence-corrected chi connectivity index (χ2v) is 7.24. The van der Waals surface area contributed by atoms with Crippen LogP contribution in [0.5, 0.6) is 17.2 Å². The third-order valence-corrected chi connectivity index (χ3v) is 5.46. The third kappa shape index (κ3) is 3.75. The number of fused-ring (bicyclic) bond motifs is 1. The van der Waals surface area contributed by atoms with Crippen molar-refractivity contribution in [3.05, 3.63) is 69.4 Å². The fourth-order valence-corrected chi connectivity index (χ4v) is 3.57. The van der Waals surface area contributed by atoms with Crippen LogP contribution in [0.25, 0.3) is 0 Å². The molecule has 0 atom stereocenters. The lowest BCUT2D eigenvalue weighted by atomic mass is 10.1. The normalized spacial score (nSPS) is 12.1. The molecule has 0 aliphatic carbocycles. The number of benzene rings is 2. The van der Waals surface area contributed by atoms with E-state index in [1.807, 2.05) is 61.7 Å². The number of amides is 1. The van der Waals surface area contributed by atoms with Crippen molar-refractivity contribution in [1.29, 1.82) is 0 Å². The van der Waals surface area contributed by atoms with E-state index in [9.17, 15) is 4.79 Å². The van der Waals surface area contributed by atoms with Gasteiger partial charge in [-0.05, 0) is 54.6 Å².